The third-order valence-corrected chi connectivity index (χ3v) is 4.95. The highest BCUT2D eigenvalue weighted by molar-refractivity contribution is 6.31. The van der Waals surface area contributed by atoms with Crippen LogP contribution in [-0.2, 0) is 7.05 Å². The first kappa shape index (κ1) is 14.9. The van der Waals surface area contributed by atoms with Crippen LogP contribution in [0.2, 0.25) is 5.02 Å². The van der Waals surface area contributed by atoms with Gasteiger partial charge in [-0.15, -0.1) is 0 Å². The van der Waals surface area contributed by atoms with E-state index < -0.39 is 6.10 Å². The van der Waals surface area contributed by atoms with Gasteiger partial charge in [0, 0.05) is 7.05 Å². The molecule has 0 radical (unpaired) electrons. The van der Waals surface area contributed by atoms with E-state index in [2.05, 4.69) is 25.9 Å². The van der Waals surface area contributed by atoms with Crippen molar-refractivity contribution in [1.29, 1.82) is 0 Å². The van der Waals surface area contributed by atoms with Crippen molar-refractivity contribution < 1.29 is 5.11 Å². The largest absolute Gasteiger partial charge is 0.386 e. The summed E-state index contributed by atoms with van der Waals surface area (Å²) in [5.74, 6) is 1.07. The molecule has 2 rings (SSSR count). The number of nitrogens with zero attached hydrogens (tertiary/aromatic N) is 2. The van der Waals surface area contributed by atoms with E-state index in [9.17, 15) is 5.11 Å². The second-order valence-electron chi connectivity index (χ2n) is 6.92. The van der Waals surface area contributed by atoms with Crippen LogP contribution in [0.15, 0.2) is 6.20 Å². The highest BCUT2D eigenvalue weighted by atomic mass is 35.5. The molecule has 1 aliphatic rings. The molecule has 1 heterocycles. The third kappa shape index (κ3) is 3.14. The van der Waals surface area contributed by atoms with Gasteiger partial charge >= 0.3 is 0 Å². The minimum absolute atomic E-state index is 0.312. The number of aliphatic hydroxyl groups excluding tert-OH is 1. The maximum absolute atomic E-state index is 10.5. The number of hydrogen-bond acceptors (Lipinski definition) is 2. The van der Waals surface area contributed by atoms with Gasteiger partial charge in [-0.2, -0.15) is 5.10 Å². The van der Waals surface area contributed by atoms with Crippen molar-refractivity contribution >= 4 is 11.6 Å². The summed E-state index contributed by atoms with van der Waals surface area (Å²) in [6, 6.07) is 0. The molecule has 19 heavy (non-hydrogen) atoms. The molecule has 3 nitrogen and oxygen atoms in total. The van der Waals surface area contributed by atoms with Crippen LogP contribution in [0.3, 0.4) is 0 Å². The molecular weight excluding hydrogens is 260 g/mol. The van der Waals surface area contributed by atoms with E-state index in [4.69, 9.17) is 11.6 Å². The molecule has 0 bridgehead atoms. The average Bonchev–Trinajstić information content (AvgIpc) is 2.67. The summed E-state index contributed by atoms with van der Waals surface area (Å²) in [6.45, 7) is 6.94. The molecule has 108 valence electrons. The van der Waals surface area contributed by atoms with Gasteiger partial charge in [-0.3, -0.25) is 4.68 Å². The molecule has 0 spiro atoms. The summed E-state index contributed by atoms with van der Waals surface area (Å²) in [5.41, 5.74) is 1.14. The molecule has 1 atom stereocenters. The van der Waals surface area contributed by atoms with Crippen molar-refractivity contribution in [2.24, 2.45) is 24.3 Å². The molecule has 1 N–H and O–H groups in total. The van der Waals surface area contributed by atoms with E-state index in [0.29, 0.717) is 16.4 Å². The second-order valence-corrected chi connectivity index (χ2v) is 7.33. The first-order chi connectivity index (χ1) is 8.80. The monoisotopic (exact) mass is 284 g/mol. The van der Waals surface area contributed by atoms with Crippen LogP contribution in [-0.4, -0.2) is 14.9 Å². The Kier molecular flexibility index (Phi) is 4.26. The van der Waals surface area contributed by atoms with E-state index >= 15 is 0 Å². The van der Waals surface area contributed by atoms with Crippen molar-refractivity contribution in [3.8, 4) is 0 Å². The van der Waals surface area contributed by atoms with Crippen LogP contribution in [0.5, 0.6) is 0 Å². The lowest BCUT2D eigenvalue weighted by Crippen LogP contribution is -2.28. The van der Waals surface area contributed by atoms with E-state index in [1.165, 1.54) is 12.8 Å². The Morgan fingerprint density at radius 3 is 2.32 bits per heavy atom. The van der Waals surface area contributed by atoms with Crippen molar-refractivity contribution in [3.05, 3.63) is 16.9 Å². The maximum Gasteiger partial charge on any atom is 0.0999 e. The number of aromatic nitrogens is 2. The van der Waals surface area contributed by atoms with Crippen molar-refractivity contribution in [1.82, 2.24) is 9.78 Å². The number of aryl methyl sites for hydroxylation is 1. The minimum atomic E-state index is -0.485. The fourth-order valence-corrected chi connectivity index (χ4v) is 3.55. The molecule has 1 saturated carbocycles. The third-order valence-electron chi connectivity index (χ3n) is 4.66. The topological polar surface area (TPSA) is 38.0 Å². The first-order valence-electron chi connectivity index (χ1n) is 7.16. The normalized spacial score (nSPS) is 26.4. The second kappa shape index (κ2) is 5.45. The van der Waals surface area contributed by atoms with E-state index in [1.54, 1.807) is 10.9 Å². The van der Waals surface area contributed by atoms with Gasteiger partial charge in [0.2, 0.25) is 0 Å². The summed E-state index contributed by atoms with van der Waals surface area (Å²) >= 11 is 6.12. The predicted octanol–water partition coefficient (Wildman–Crippen LogP) is 3.96. The van der Waals surface area contributed by atoms with Gasteiger partial charge in [-0.05, 0) is 42.9 Å². The zero-order valence-electron chi connectivity index (χ0n) is 12.4. The lowest BCUT2D eigenvalue weighted by Gasteiger charge is -2.38. The van der Waals surface area contributed by atoms with E-state index in [1.807, 2.05) is 7.05 Å². The first-order valence-corrected chi connectivity index (χ1v) is 7.54. The summed E-state index contributed by atoms with van der Waals surface area (Å²) in [4.78, 5) is 0. The number of halogens is 1. The molecule has 1 aliphatic carbocycles. The Balaban J connectivity index is 2.02. The SMILES string of the molecule is Cn1ncc(Cl)c1C(O)C1CCC(C(C)(C)C)CC1. The quantitative estimate of drug-likeness (QED) is 0.893. The van der Waals surface area contributed by atoms with Gasteiger partial charge in [0.15, 0.2) is 0 Å². The van der Waals surface area contributed by atoms with Crippen molar-refractivity contribution in [2.75, 3.05) is 0 Å². The molecule has 4 heteroatoms. The van der Waals surface area contributed by atoms with Gasteiger partial charge in [-0.25, -0.2) is 0 Å². The summed E-state index contributed by atoms with van der Waals surface area (Å²) in [5, 5.41) is 15.2. The molecule has 0 aliphatic heterocycles. The summed E-state index contributed by atoms with van der Waals surface area (Å²) in [6.07, 6.45) is 5.67. The number of hydrogen-bond donors (Lipinski definition) is 1. The van der Waals surface area contributed by atoms with E-state index in [0.717, 1.165) is 24.5 Å². The van der Waals surface area contributed by atoms with Crippen molar-refractivity contribution in [2.45, 2.75) is 52.6 Å². The number of aliphatic hydroxyl groups is 1. The van der Waals surface area contributed by atoms with Gasteiger partial charge in [0.25, 0.3) is 0 Å². The molecule has 0 amide bonds. The fraction of sp³-hybridized carbons (Fsp3) is 0.800. The van der Waals surface area contributed by atoms with Crippen molar-refractivity contribution in [3.63, 3.8) is 0 Å². The average molecular weight is 285 g/mol. The fourth-order valence-electron chi connectivity index (χ4n) is 3.28. The lowest BCUT2D eigenvalue weighted by atomic mass is 9.68. The highest BCUT2D eigenvalue weighted by Gasteiger charge is 2.34. The Hall–Kier alpha value is -0.540. The molecule has 1 aromatic heterocycles. The molecule has 1 aromatic rings. The van der Waals surface area contributed by atoms with Crippen LogP contribution < -0.4 is 0 Å². The van der Waals surface area contributed by atoms with E-state index in [-0.39, 0.29) is 0 Å². The molecule has 1 unspecified atom stereocenters. The zero-order chi connectivity index (χ0) is 14.2. The molecule has 1 fully saturated rings. The van der Waals surface area contributed by atoms with Crippen LogP contribution in [0.4, 0.5) is 0 Å². The van der Waals surface area contributed by atoms with Gasteiger partial charge in [-0.1, -0.05) is 32.4 Å². The Morgan fingerprint density at radius 2 is 1.89 bits per heavy atom. The smallest absolute Gasteiger partial charge is 0.0999 e. The molecule has 0 saturated heterocycles. The molecular formula is C15H25ClN2O. The standard InChI is InChI=1S/C15H25ClN2O/c1-15(2,3)11-7-5-10(6-8-11)14(19)13-12(16)9-17-18(13)4/h9-11,14,19H,5-8H2,1-4H3. The zero-order valence-corrected chi connectivity index (χ0v) is 13.1. The predicted molar refractivity (Wildman–Crippen MR) is 78.1 cm³/mol. The summed E-state index contributed by atoms with van der Waals surface area (Å²) < 4.78 is 1.70. The van der Waals surface area contributed by atoms with Gasteiger partial charge < -0.3 is 5.11 Å². The van der Waals surface area contributed by atoms with Crippen LogP contribution in [0, 0.1) is 17.3 Å². The lowest BCUT2D eigenvalue weighted by molar-refractivity contribution is 0.0479. The van der Waals surface area contributed by atoms with Crippen LogP contribution in [0.1, 0.15) is 58.3 Å². The van der Waals surface area contributed by atoms with Gasteiger partial charge in [0.1, 0.15) is 0 Å². The number of rotatable bonds is 2. The van der Waals surface area contributed by atoms with Crippen LogP contribution >= 0.6 is 11.6 Å². The minimum Gasteiger partial charge on any atom is -0.386 e. The Labute approximate surface area is 121 Å². The van der Waals surface area contributed by atoms with Gasteiger partial charge in [0.05, 0.1) is 23.0 Å². The highest BCUT2D eigenvalue weighted by Crippen LogP contribution is 2.44. The summed E-state index contributed by atoms with van der Waals surface area (Å²) in [7, 11) is 1.84. The maximum atomic E-state index is 10.5. The molecule has 0 aromatic carbocycles. The van der Waals surface area contributed by atoms with Crippen LogP contribution in [0.25, 0.3) is 0 Å². The Bertz CT molecular complexity index is 408. The Morgan fingerprint density at radius 1 is 1.32 bits per heavy atom.